The molecule has 4 nitrogen and oxygen atoms in total. The number of aliphatic hydroxyl groups is 1. The molecular formula is C13H21NO3. The lowest BCUT2D eigenvalue weighted by Gasteiger charge is -2.25. The number of nitrogens with one attached hydrogen (secondary N) is 1. The van der Waals surface area contributed by atoms with Crippen molar-refractivity contribution in [1.82, 2.24) is 5.32 Å². The Morgan fingerprint density at radius 3 is 2.59 bits per heavy atom. The molecule has 0 aliphatic rings. The minimum Gasteiger partial charge on any atom is -0.504 e. The SMILES string of the molecule is COc1ccc(CNC(C)(C)CCO)cc1O. The van der Waals surface area contributed by atoms with Crippen molar-refractivity contribution in [2.75, 3.05) is 13.7 Å². The van der Waals surface area contributed by atoms with E-state index in [2.05, 4.69) is 5.32 Å². The van der Waals surface area contributed by atoms with E-state index in [0.29, 0.717) is 18.7 Å². The number of benzene rings is 1. The van der Waals surface area contributed by atoms with Crippen molar-refractivity contribution in [3.8, 4) is 11.5 Å². The third kappa shape index (κ3) is 4.24. The Labute approximate surface area is 102 Å². The molecule has 0 aromatic heterocycles. The summed E-state index contributed by atoms with van der Waals surface area (Å²) in [4.78, 5) is 0. The molecule has 96 valence electrons. The van der Waals surface area contributed by atoms with Gasteiger partial charge in [0.2, 0.25) is 0 Å². The second-order valence-corrected chi connectivity index (χ2v) is 4.72. The number of hydrogen-bond donors (Lipinski definition) is 3. The van der Waals surface area contributed by atoms with Crippen molar-refractivity contribution in [3.05, 3.63) is 23.8 Å². The zero-order valence-corrected chi connectivity index (χ0v) is 10.7. The fraction of sp³-hybridized carbons (Fsp3) is 0.538. The molecule has 0 aliphatic heterocycles. The van der Waals surface area contributed by atoms with E-state index in [1.54, 1.807) is 12.1 Å². The van der Waals surface area contributed by atoms with E-state index in [4.69, 9.17) is 9.84 Å². The minimum atomic E-state index is -0.121. The normalized spacial score (nSPS) is 11.5. The van der Waals surface area contributed by atoms with Crippen LogP contribution in [-0.2, 0) is 6.54 Å². The van der Waals surface area contributed by atoms with Crippen LogP contribution in [0.4, 0.5) is 0 Å². The van der Waals surface area contributed by atoms with E-state index in [-0.39, 0.29) is 17.9 Å². The van der Waals surface area contributed by atoms with Crippen LogP contribution in [0.15, 0.2) is 18.2 Å². The summed E-state index contributed by atoms with van der Waals surface area (Å²) in [5, 5.41) is 21.9. The van der Waals surface area contributed by atoms with Gasteiger partial charge in [-0.15, -0.1) is 0 Å². The number of hydrogen-bond acceptors (Lipinski definition) is 4. The largest absolute Gasteiger partial charge is 0.504 e. The average molecular weight is 239 g/mol. The maximum atomic E-state index is 9.63. The maximum absolute atomic E-state index is 9.63. The predicted molar refractivity (Wildman–Crippen MR) is 67.3 cm³/mol. The van der Waals surface area contributed by atoms with Crippen LogP contribution < -0.4 is 10.1 Å². The summed E-state index contributed by atoms with van der Waals surface area (Å²) < 4.78 is 4.98. The summed E-state index contributed by atoms with van der Waals surface area (Å²) in [5.41, 5.74) is 0.860. The summed E-state index contributed by atoms with van der Waals surface area (Å²) in [6, 6.07) is 5.33. The molecule has 1 aromatic carbocycles. The lowest BCUT2D eigenvalue weighted by atomic mass is 10.0. The first-order chi connectivity index (χ1) is 7.98. The first-order valence-electron chi connectivity index (χ1n) is 5.70. The van der Waals surface area contributed by atoms with Gasteiger partial charge in [-0.1, -0.05) is 6.07 Å². The standard InChI is InChI=1S/C13H21NO3/c1-13(2,6-7-15)14-9-10-4-5-12(17-3)11(16)8-10/h4-5,8,14-16H,6-7,9H2,1-3H3. The van der Waals surface area contributed by atoms with Crippen molar-refractivity contribution in [2.45, 2.75) is 32.4 Å². The quantitative estimate of drug-likeness (QED) is 0.706. The fourth-order valence-corrected chi connectivity index (χ4v) is 1.55. The third-order valence-corrected chi connectivity index (χ3v) is 2.75. The van der Waals surface area contributed by atoms with Crippen molar-refractivity contribution in [2.24, 2.45) is 0 Å². The maximum Gasteiger partial charge on any atom is 0.160 e. The molecule has 0 radical (unpaired) electrons. The number of rotatable bonds is 6. The Balaban J connectivity index is 2.61. The molecule has 0 fully saturated rings. The molecule has 17 heavy (non-hydrogen) atoms. The first-order valence-corrected chi connectivity index (χ1v) is 5.70. The number of phenolic OH excluding ortho intramolecular Hbond substituents is 1. The molecule has 1 rings (SSSR count). The van der Waals surface area contributed by atoms with E-state index in [1.807, 2.05) is 19.9 Å². The highest BCUT2D eigenvalue weighted by atomic mass is 16.5. The van der Waals surface area contributed by atoms with Crippen molar-refractivity contribution >= 4 is 0 Å². The van der Waals surface area contributed by atoms with E-state index in [0.717, 1.165) is 5.56 Å². The smallest absolute Gasteiger partial charge is 0.160 e. The minimum absolute atomic E-state index is 0.121. The molecule has 0 amide bonds. The van der Waals surface area contributed by atoms with Crippen LogP contribution in [0.2, 0.25) is 0 Å². The molecule has 0 atom stereocenters. The van der Waals surface area contributed by atoms with Gasteiger partial charge in [0, 0.05) is 18.7 Å². The molecule has 0 unspecified atom stereocenters. The van der Waals surface area contributed by atoms with Gasteiger partial charge in [0.15, 0.2) is 11.5 Å². The molecule has 0 spiro atoms. The highest BCUT2D eigenvalue weighted by Gasteiger charge is 2.15. The van der Waals surface area contributed by atoms with Gasteiger partial charge in [0.05, 0.1) is 7.11 Å². The fourth-order valence-electron chi connectivity index (χ4n) is 1.55. The van der Waals surface area contributed by atoms with Crippen LogP contribution >= 0.6 is 0 Å². The summed E-state index contributed by atoms with van der Waals surface area (Å²) >= 11 is 0. The van der Waals surface area contributed by atoms with E-state index >= 15 is 0 Å². The monoisotopic (exact) mass is 239 g/mol. The van der Waals surface area contributed by atoms with Gasteiger partial charge in [-0.05, 0) is 38.0 Å². The van der Waals surface area contributed by atoms with Crippen molar-refractivity contribution < 1.29 is 14.9 Å². The van der Waals surface area contributed by atoms with Crippen molar-refractivity contribution in [1.29, 1.82) is 0 Å². The second kappa shape index (κ2) is 5.89. The molecule has 3 N–H and O–H groups in total. The lowest BCUT2D eigenvalue weighted by Crippen LogP contribution is -2.39. The molecule has 0 heterocycles. The van der Waals surface area contributed by atoms with Gasteiger partial charge in [-0.3, -0.25) is 0 Å². The van der Waals surface area contributed by atoms with Crippen LogP contribution in [0.1, 0.15) is 25.8 Å². The molecule has 0 saturated heterocycles. The van der Waals surface area contributed by atoms with Crippen LogP contribution in [0.3, 0.4) is 0 Å². The van der Waals surface area contributed by atoms with E-state index < -0.39 is 0 Å². The zero-order chi connectivity index (χ0) is 12.9. The summed E-state index contributed by atoms with van der Waals surface area (Å²) in [6.45, 7) is 4.87. The molecule has 1 aromatic rings. The number of aliphatic hydroxyl groups excluding tert-OH is 1. The Morgan fingerprint density at radius 1 is 1.35 bits per heavy atom. The molecule has 0 saturated carbocycles. The van der Waals surface area contributed by atoms with E-state index in [1.165, 1.54) is 7.11 Å². The summed E-state index contributed by atoms with van der Waals surface area (Å²) in [5.74, 6) is 0.620. The van der Waals surface area contributed by atoms with Gasteiger partial charge in [-0.25, -0.2) is 0 Å². The molecule has 0 bridgehead atoms. The Kier molecular flexibility index (Phi) is 4.78. The zero-order valence-electron chi connectivity index (χ0n) is 10.7. The average Bonchev–Trinajstić information content (AvgIpc) is 2.27. The second-order valence-electron chi connectivity index (χ2n) is 4.72. The lowest BCUT2D eigenvalue weighted by molar-refractivity contribution is 0.230. The Morgan fingerprint density at radius 2 is 2.06 bits per heavy atom. The number of aromatic hydroxyl groups is 1. The van der Waals surface area contributed by atoms with Gasteiger partial charge in [-0.2, -0.15) is 0 Å². The number of methoxy groups -OCH3 is 1. The van der Waals surface area contributed by atoms with Crippen LogP contribution in [0, 0.1) is 0 Å². The Bertz CT molecular complexity index is 364. The molecule has 0 aliphatic carbocycles. The first kappa shape index (κ1) is 13.8. The highest BCUT2D eigenvalue weighted by molar-refractivity contribution is 5.41. The van der Waals surface area contributed by atoms with Crippen LogP contribution in [-0.4, -0.2) is 29.5 Å². The van der Waals surface area contributed by atoms with E-state index in [9.17, 15) is 5.11 Å². The molecular weight excluding hydrogens is 218 g/mol. The van der Waals surface area contributed by atoms with Gasteiger partial charge in [0.1, 0.15) is 0 Å². The summed E-state index contributed by atoms with van der Waals surface area (Å²) in [6.07, 6.45) is 0.690. The van der Waals surface area contributed by atoms with Crippen molar-refractivity contribution in [3.63, 3.8) is 0 Å². The van der Waals surface area contributed by atoms with Gasteiger partial charge >= 0.3 is 0 Å². The predicted octanol–water partition coefficient (Wildman–Crippen LogP) is 1.65. The Hall–Kier alpha value is -1.26. The summed E-state index contributed by atoms with van der Waals surface area (Å²) in [7, 11) is 1.53. The number of phenols is 1. The van der Waals surface area contributed by atoms with Crippen LogP contribution in [0.25, 0.3) is 0 Å². The number of ether oxygens (including phenoxy) is 1. The third-order valence-electron chi connectivity index (χ3n) is 2.75. The van der Waals surface area contributed by atoms with Gasteiger partial charge < -0.3 is 20.3 Å². The molecule has 4 heteroatoms. The highest BCUT2D eigenvalue weighted by Crippen LogP contribution is 2.26. The van der Waals surface area contributed by atoms with Crippen LogP contribution in [0.5, 0.6) is 11.5 Å². The van der Waals surface area contributed by atoms with Gasteiger partial charge in [0.25, 0.3) is 0 Å². The topological polar surface area (TPSA) is 61.7 Å².